The Balaban J connectivity index is 1.67. The molecule has 0 radical (unpaired) electrons. The second-order valence-electron chi connectivity index (χ2n) is 8.57. The van der Waals surface area contributed by atoms with Crippen molar-refractivity contribution < 1.29 is 14.6 Å². The number of rotatable bonds is 5. The fourth-order valence-corrected chi connectivity index (χ4v) is 4.86. The molecule has 0 bridgehead atoms. The standard InChI is InChI=1S/C30H23N3O3/c1-36-25-19-21(17-18-24(25)34)28-26-27(20-11-5-2-6-12-20)31-33(23-15-9-4-10-16-23)29(26)30(35)32(28)22-13-7-3-8-14-22/h2-19,28,34H,1H3. The molecule has 36 heavy (non-hydrogen) atoms. The molecule has 5 aromatic rings. The molecule has 1 N–H and O–H groups in total. The molecule has 1 unspecified atom stereocenters. The third-order valence-corrected chi connectivity index (χ3v) is 6.48. The van der Waals surface area contributed by atoms with Crippen molar-refractivity contribution in [2.24, 2.45) is 0 Å². The molecule has 176 valence electrons. The first-order chi connectivity index (χ1) is 17.7. The molecule has 6 rings (SSSR count). The van der Waals surface area contributed by atoms with Gasteiger partial charge in [-0.05, 0) is 42.0 Å². The van der Waals surface area contributed by atoms with Gasteiger partial charge in [0.05, 0.1) is 24.5 Å². The van der Waals surface area contributed by atoms with Crippen molar-refractivity contribution in [1.29, 1.82) is 0 Å². The molecule has 1 amide bonds. The van der Waals surface area contributed by atoms with Crippen LogP contribution in [0.3, 0.4) is 0 Å². The van der Waals surface area contributed by atoms with Gasteiger partial charge >= 0.3 is 0 Å². The number of phenols is 1. The van der Waals surface area contributed by atoms with Crippen molar-refractivity contribution in [2.75, 3.05) is 12.0 Å². The summed E-state index contributed by atoms with van der Waals surface area (Å²) in [5.41, 5.74) is 5.37. The third-order valence-electron chi connectivity index (χ3n) is 6.48. The van der Waals surface area contributed by atoms with Crippen molar-refractivity contribution in [3.8, 4) is 28.4 Å². The number of nitrogens with zero attached hydrogens (tertiary/aromatic N) is 3. The predicted octanol–water partition coefficient (Wildman–Crippen LogP) is 6.00. The molecular formula is C30H23N3O3. The highest BCUT2D eigenvalue weighted by Crippen LogP contribution is 2.47. The lowest BCUT2D eigenvalue weighted by Gasteiger charge is -2.27. The van der Waals surface area contributed by atoms with Crippen LogP contribution >= 0.6 is 0 Å². The van der Waals surface area contributed by atoms with E-state index in [0.717, 1.165) is 33.8 Å². The zero-order valence-electron chi connectivity index (χ0n) is 19.6. The van der Waals surface area contributed by atoms with Gasteiger partial charge in [-0.25, -0.2) is 4.68 Å². The first kappa shape index (κ1) is 21.7. The van der Waals surface area contributed by atoms with Gasteiger partial charge < -0.3 is 9.84 Å². The van der Waals surface area contributed by atoms with Gasteiger partial charge in [-0.15, -0.1) is 0 Å². The lowest BCUT2D eigenvalue weighted by Crippen LogP contribution is -2.30. The molecule has 0 aliphatic carbocycles. The Kier molecular flexibility index (Phi) is 5.26. The van der Waals surface area contributed by atoms with Gasteiger partial charge in [0.1, 0.15) is 5.69 Å². The van der Waals surface area contributed by atoms with Crippen LogP contribution in [0.4, 0.5) is 5.69 Å². The lowest BCUT2D eigenvalue weighted by molar-refractivity contribution is 0.0986. The minimum absolute atomic E-state index is 0.0420. The van der Waals surface area contributed by atoms with Gasteiger partial charge in [0.15, 0.2) is 11.5 Å². The summed E-state index contributed by atoms with van der Waals surface area (Å²) in [6.07, 6.45) is 0. The van der Waals surface area contributed by atoms with E-state index in [9.17, 15) is 9.90 Å². The normalized spacial score (nSPS) is 14.6. The largest absolute Gasteiger partial charge is 0.504 e. The van der Waals surface area contributed by atoms with Gasteiger partial charge in [-0.2, -0.15) is 5.10 Å². The highest BCUT2D eigenvalue weighted by molar-refractivity contribution is 6.12. The first-order valence-corrected chi connectivity index (χ1v) is 11.7. The highest BCUT2D eigenvalue weighted by Gasteiger charge is 2.45. The van der Waals surface area contributed by atoms with Crippen LogP contribution in [-0.2, 0) is 0 Å². The molecular weight excluding hydrogens is 450 g/mol. The molecule has 2 heterocycles. The van der Waals surface area contributed by atoms with Crippen LogP contribution in [0.5, 0.6) is 11.5 Å². The van der Waals surface area contributed by atoms with E-state index in [1.165, 1.54) is 7.11 Å². The summed E-state index contributed by atoms with van der Waals surface area (Å²) in [6, 6.07) is 33.9. The number of methoxy groups -OCH3 is 1. The number of anilines is 1. The minimum Gasteiger partial charge on any atom is -0.504 e. The first-order valence-electron chi connectivity index (χ1n) is 11.7. The quantitative estimate of drug-likeness (QED) is 0.340. The number of phenolic OH excluding ortho intramolecular Hbond substituents is 1. The maximum Gasteiger partial charge on any atom is 0.278 e. The van der Waals surface area contributed by atoms with Gasteiger partial charge in [-0.1, -0.05) is 72.8 Å². The second-order valence-corrected chi connectivity index (χ2v) is 8.57. The Bertz CT molecular complexity index is 1550. The van der Waals surface area contributed by atoms with E-state index in [1.807, 2.05) is 97.1 Å². The van der Waals surface area contributed by atoms with E-state index >= 15 is 0 Å². The molecule has 6 nitrogen and oxygen atoms in total. The van der Waals surface area contributed by atoms with Gasteiger partial charge in [0, 0.05) is 16.8 Å². The number of hydrogen-bond acceptors (Lipinski definition) is 4. The fourth-order valence-electron chi connectivity index (χ4n) is 4.86. The van der Waals surface area contributed by atoms with Crippen LogP contribution in [-0.4, -0.2) is 27.9 Å². The van der Waals surface area contributed by atoms with Crippen LogP contribution < -0.4 is 9.64 Å². The van der Waals surface area contributed by atoms with Crippen molar-refractivity contribution in [3.63, 3.8) is 0 Å². The predicted molar refractivity (Wildman–Crippen MR) is 139 cm³/mol. The molecule has 0 saturated heterocycles. The monoisotopic (exact) mass is 473 g/mol. The summed E-state index contributed by atoms with van der Waals surface area (Å²) in [7, 11) is 1.52. The summed E-state index contributed by atoms with van der Waals surface area (Å²) >= 11 is 0. The molecule has 1 aromatic heterocycles. The van der Waals surface area contributed by atoms with Crippen molar-refractivity contribution >= 4 is 11.6 Å². The maximum absolute atomic E-state index is 14.2. The topological polar surface area (TPSA) is 67.6 Å². The van der Waals surface area contributed by atoms with E-state index in [1.54, 1.807) is 21.7 Å². The highest BCUT2D eigenvalue weighted by atomic mass is 16.5. The van der Waals surface area contributed by atoms with Crippen LogP contribution in [0.15, 0.2) is 109 Å². The summed E-state index contributed by atoms with van der Waals surface area (Å²) in [5.74, 6) is 0.241. The van der Waals surface area contributed by atoms with Crippen molar-refractivity contribution in [1.82, 2.24) is 9.78 Å². The number of carbonyl (C=O) groups is 1. The van der Waals surface area contributed by atoms with E-state index in [4.69, 9.17) is 9.84 Å². The zero-order valence-corrected chi connectivity index (χ0v) is 19.6. The number of ether oxygens (including phenoxy) is 1. The average molecular weight is 474 g/mol. The summed E-state index contributed by atoms with van der Waals surface area (Å²) in [6.45, 7) is 0. The van der Waals surface area contributed by atoms with Crippen LogP contribution in [0.2, 0.25) is 0 Å². The molecule has 1 atom stereocenters. The summed E-state index contributed by atoms with van der Waals surface area (Å²) < 4.78 is 7.16. The third kappa shape index (κ3) is 3.43. The zero-order chi connectivity index (χ0) is 24.6. The van der Waals surface area contributed by atoms with E-state index < -0.39 is 6.04 Å². The van der Waals surface area contributed by atoms with Crippen molar-refractivity contribution in [3.05, 3.63) is 126 Å². The Morgan fingerprint density at radius 3 is 2.06 bits per heavy atom. The van der Waals surface area contributed by atoms with Crippen LogP contribution in [0.25, 0.3) is 16.9 Å². The maximum atomic E-state index is 14.2. The number of carbonyl (C=O) groups excluding carboxylic acids is 1. The minimum atomic E-state index is -0.475. The van der Waals surface area contributed by atoms with Gasteiger partial charge in [0.25, 0.3) is 5.91 Å². The SMILES string of the molecule is COc1cc(C2c3c(-c4ccccc4)nn(-c4ccccc4)c3C(=O)N2c2ccccc2)ccc1O. The smallest absolute Gasteiger partial charge is 0.278 e. The summed E-state index contributed by atoms with van der Waals surface area (Å²) in [4.78, 5) is 16.0. The number of amides is 1. The molecule has 6 heteroatoms. The van der Waals surface area contributed by atoms with Crippen molar-refractivity contribution in [2.45, 2.75) is 6.04 Å². The Morgan fingerprint density at radius 1 is 0.806 bits per heavy atom. The molecule has 1 aliphatic rings. The van der Waals surface area contributed by atoms with Gasteiger partial charge in [0.2, 0.25) is 0 Å². The Labute approximate surface area is 208 Å². The number of fused-ring (bicyclic) bond motifs is 1. The summed E-state index contributed by atoms with van der Waals surface area (Å²) in [5, 5.41) is 15.2. The van der Waals surface area contributed by atoms with Crippen LogP contribution in [0.1, 0.15) is 27.7 Å². The van der Waals surface area contributed by atoms with E-state index in [-0.39, 0.29) is 11.7 Å². The molecule has 0 fully saturated rings. The number of para-hydroxylation sites is 2. The van der Waals surface area contributed by atoms with E-state index in [2.05, 4.69) is 0 Å². The average Bonchev–Trinajstić information content (AvgIpc) is 3.47. The molecule has 0 spiro atoms. The molecule has 1 aliphatic heterocycles. The number of benzene rings is 4. The number of aromatic nitrogens is 2. The fraction of sp³-hybridized carbons (Fsp3) is 0.0667. The van der Waals surface area contributed by atoms with E-state index in [0.29, 0.717) is 11.4 Å². The number of aromatic hydroxyl groups is 1. The van der Waals surface area contributed by atoms with Crippen LogP contribution in [0, 0.1) is 0 Å². The van der Waals surface area contributed by atoms with Gasteiger partial charge in [-0.3, -0.25) is 9.69 Å². The number of hydrogen-bond donors (Lipinski definition) is 1. The Hall–Kier alpha value is -4.84. The Morgan fingerprint density at radius 2 is 1.42 bits per heavy atom. The molecule has 0 saturated carbocycles. The molecule has 4 aromatic carbocycles. The second kappa shape index (κ2) is 8.74. The lowest BCUT2D eigenvalue weighted by atomic mass is 9.95.